The number of carbonyl (C=O) groups excluding carboxylic acids is 1. The van der Waals surface area contributed by atoms with Crippen molar-refractivity contribution in [1.82, 2.24) is 4.90 Å². The number of nitrogen functional groups attached to an aromatic ring is 1. The largest absolute Gasteiger partial charge is 0.396 e. The molecule has 2 N–H and O–H groups in total. The second-order valence-electron chi connectivity index (χ2n) is 5.75. The van der Waals surface area contributed by atoms with Gasteiger partial charge in [0, 0.05) is 18.2 Å². The van der Waals surface area contributed by atoms with Gasteiger partial charge < -0.3 is 10.6 Å². The zero-order valence-corrected chi connectivity index (χ0v) is 11.7. The standard InChI is InChI=1S/C15H21FN2O/c1-9-6-10(2)11(3)18(8-9)15(19)12-4-5-14(17)13(16)7-12/h4-5,7,9-11H,6,8,17H2,1-3H3. The molecule has 1 aromatic rings. The maximum Gasteiger partial charge on any atom is 0.254 e. The smallest absolute Gasteiger partial charge is 0.254 e. The molecule has 0 saturated carbocycles. The molecule has 3 nitrogen and oxygen atoms in total. The highest BCUT2D eigenvalue weighted by Crippen LogP contribution is 2.28. The van der Waals surface area contributed by atoms with Gasteiger partial charge in [0.25, 0.3) is 5.91 Å². The zero-order chi connectivity index (χ0) is 14.2. The van der Waals surface area contributed by atoms with Crippen molar-refractivity contribution in [2.75, 3.05) is 12.3 Å². The fraction of sp³-hybridized carbons (Fsp3) is 0.533. The topological polar surface area (TPSA) is 46.3 Å². The van der Waals surface area contributed by atoms with Crippen LogP contribution in [0.5, 0.6) is 0 Å². The van der Waals surface area contributed by atoms with Gasteiger partial charge in [0.05, 0.1) is 5.69 Å². The SMILES string of the molecule is CC1CC(C)C(C)N(C(=O)c2ccc(N)c(F)c2)C1. The van der Waals surface area contributed by atoms with Crippen molar-refractivity contribution in [2.24, 2.45) is 11.8 Å². The molecule has 1 aliphatic rings. The number of nitrogens with two attached hydrogens (primary N) is 1. The molecule has 1 aromatic carbocycles. The summed E-state index contributed by atoms with van der Waals surface area (Å²) in [5, 5.41) is 0. The van der Waals surface area contributed by atoms with Crippen LogP contribution >= 0.6 is 0 Å². The third-order valence-electron chi connectivity index (χ3n) is 4.11. The van der Waals surface area contributed by atoms with Crippen LogP contribution in [0, 0.1) is 17.7 Å². The maximum absolute atomic E-state index is 13.5. The number of amides is 1. The molecular weight excluding hydrogens is 243 g/mol. The molecule has 0 bridgehead atoms. The van der Waals surface area contributed by atoms with Gasteiger partial charge in [0.2, 0.25) is 0 Å². The van der Waals surface area contributed by atoms with Crippen LogP contribution in [0.25, 0.3) is 0 Å². The van der Waals surface area contributed by atoms with Crippen molar-refractivity contribution in [3.63, 3.8) is 0 Å². The maximum atomic E-state index is 13.5. The monoisotopic (exact) mass is 264 g/mol. The van der Waals surface area contributed by atoms with Crippen molar-refractivity contribution < 1.29 is 9.18 Å². The first-order valence-electron chi connectivity index (χ1n) is 6.76. The van der Waals surface area contributed by atoms with Gasteiger partial charge in [0.1, 0.15) is 5.82 Å². The summed E-state index contributed by atoms with van der Waals surface area (Å²) >= 11 is 0. The first kappa shape index (κ1) is 13.8. The van der Waals surface area contributed by atoms with Crippen molar-refractivity contribution in [1.29, 1.82) is 0 Å². The second-order valence-corrected chi connectivity index (χ2v) is 5.75. The van der Waals surface area contributed by atoms with E-state index in [0.717, 1.165) is 13.0 Å². The van der Waals surface area contributed by atoms with E-state index in [4.69, 9.17) is 5.73 Å². The van der Waals surface area contributed by atoms with E-state index in [2.05, 4.69) is 20.8 Å². The van der Waals surface area contributed by atoms with Crippen LogP contribution in [-0.4, -0.2) is 23.4 Å². The van der Waals surface area contributed by atoms with Crippen molar-refractivity contribution >= 4 is 11.6 Å². The van der Waals surface area contributed by atoms with Gasteiger partial charge in [-0.3, -0.25) is 4.79 Å². The Morgan fingerprint density at radius 1 is 1.37 bits per heavy atom. The van der Waals surface area contributed by atoms with E-state index < -0.39 is 5.82 Å². The Morgan fingerprint density at radius 2 is 2.05 bits per heavy atom. The molecule has 1 fully saturated rings. The number of halogens is 1. The summed E-state index contributed by atoms with van der Waals surface area (Å²) in [4.78, 5) is 14.3. The van der Waals surface area contributed by atoms with E-state index in [9.17, 15) is 9.18 Å². The minimum Gasteiger partial charge on any atom is -0.396 e. The van der Waals surface area contributed by atoms with Crippen molar-refractivity contribution in [3.05, 3.63) is 29.6 Å². The van der Waals surface area contributed by atoms with E-state index in [0.29, 0.717) is 17.4 Å². The summed E-state index contributed by atoms with van der Waals surface area (Å²) in [6.45, 7) is 7.09. The molecule has 4 heteroatoms. The van der Waals surface area contributed by atoms with Gasteiger partial charge in [-0.1, -0.05) is 13.8 Å². The molecule has 0 aliphatic carbocycles. The van der Waals surface area contributed by atoms with E-state index in [1.54, 1.807) is 6.07 Å². The Kier molecular flexibility index (Phi) is 3.78. The van der Waals surface area contributed by atoms with Crippen LogP contribution in [0.1, 0.15) is 37.6 Å². The minimum absolute atomic E-state index is 0.0741. The highest BCUT2D eigenvalue weighted by atomic mass is 19.1. The lowest BCUT2D eigenvalue weighted by Gasteiger charge is -2.41. The summed E-state index contributed by atoms with van der Waals surface area (Å²) in [6, 6.07) is 4.46. The Balaban J connectivity index is 2.24. The lowest BCUT2D eigenvalue weighted by molar-refractivity contribution is 0.0455. The van der Waals surface area contributed by atoms with Crippen LogP contribution in [0.2, 0.25) is 0 Å². The van der Waals surface area contributed by atoms with Gasteiger partial charge in [-0.25, -0.2) is 4.39 Å². The Labute approximate surface area is 113 Å². The summed E-state index contributed by atoms with van der Waals surface area (Å²) < 4.78 is 13.5. The molecular formula is C15H21FN2O. The molecule has 3 unspecified atom stereocenters. The van der Waals surface area contributed by atoms with Crippen molar-refractivity contribution in [3.8, 4) is 0 Å². The number of hydrogen-bond donors (Lipinski definition) is 1. The fourth-order valence-corrected chi connectivity index (χ4v) is 2.81. The predicted molar refractivity (Wildman–Crippen MR) is 74.3 cm³/mol. The first-order chi connectivity index (χ1) is 8.90. The molecule has 1 saturated heterocycles. The Bertz CT molecular complexity index is 489. The number of rotatable bonds is 1. The van der Waals surface area contributed by atoms with Gasteiger partial charge in [-0.05, 0) is 43.4 Å². The van der Waals surface area contributed by atoms with Gasteiger partial charge >= 0.3 is 0 Å². The van der Waals surface area contributed by atoms with Crippen LogP contribution in [0.3, 0.4) is 0 Å². The number of carbonyl (C=O) groups is 1. The second kappa shape index (κ2) is 5.19. The van der Waals surface area contributed by atoms with Crippen molar-refractivity contribution in [2.45, 2.75) is 33.2 Å². The number of hydrogen-bond acceptors (Lipinski definition) is 2. The third-order valence-corrected chi connectivity index (χ3v) is 4.11. The number of benzene rings is 1. The highest BCUT2D eigenvalue weighted by Gasteiger charge is 2.32. The molecule has 1 aliphatic heterocycles. The number of piperidine rings is 1. The molecule has 3 atom stereocenters. The molecule has 1 heterocycles. The lowest BCUT2D eigenvalue weighted by Crippen LogP contribution is -2.48. The highest BCUT2D eigenvalue weighted by molar-refractivity contribution is 5.94. The molecule has 104 valence electrons. The minimum atomic E-state index is -0.531. The van der Waals surface area contributed by atoms with Crippen LogP contribution in [-0.2, 0) is 0 Å². The Hall–Kier alpha value is -1.58. The summed E-state index contributed by atoms with van der Waals surface area (Å²) in [7, 11) is 0. The van der Waals surface area contributed by atoms with Gasteiger partial charge in [-0.2, -0.15) is 0 Å². The van der Waals surface area contributed by atoms with Crippen LogP contribution < -0.4 is 5.73 Å². The van der Waals surface area contributed by atoms with E-state index in [1.807, 2.05) is 4.90 Å². The van der Waals surface area contributed by atoms with Crippen LogP contribution in [0.15, 0.2) is 18.2 Å². The van der Waals surface area contributed by atoms with Gasteiger partial charge in [-0.15, -0.1) is 0 Å². The summed E-state index contributed by atoms with van der Waals surface area (Å²) in [5.41, 5.74) is 5.89. The average molecular weight is 264 g/mol. The third kappa shape index (κ3) is 2.72. The number of likely N-dealkylation sites (tertiary alicyclic amines) is 1. The zero-order valence-electron chi connectivity index (χ0n) is 11.7. The van der Waals surface area contributed by atoms with E-state index in [1.165, 1.54) is 12.1 Å². The van der Waals surface area contributed by atoms with Gasteiger partial charge in [0.15, 0.2) is 0 Å². The normalized spacial score (nSPS) is 27.4. The lowest BCUT2D eigenvalue weighted by atomic mass is 9.85. The molecule has 0 radical (unpaired) electrons. The first-order valence-corrected chi connectivity index (χ1v) is 6.76. The molecule has 2 rings (SSSR count). The number of anilines is 1. The Morgan fingerprint density at radius 3 is 2.68 bits per heavy atom. The average Bonchev–Trinajstić information content (AvgIpc) is 2.36. The molecule has 0 aromatic heterocycles. The summed E-state index contributed by atoms with van der Waals surface area (Å²) in [6.07, 6.45) is 1.13. The quantitative estimate of drug-likeness (QED) is 0.793. The van der Waals surface area contributed by atoms with E-state index >= 15 is 0 Å². The summed E-state index contributed by atoms with van der Waals surface area (Å²) in [5.74, 6) is 0.307. The van der Waals surface area contributed by atoms with Crippen LogP contribution in [0.4, 0.5) is 10.1 Å². The predicted octanol–water partition coefficient (Wildman–Crippen LogP) is 2.91. The van der Waals surface area contributed by atoms with E-state index in [-0.39, 0.29) is 17.6 Å². The fourth-order valence-electron chi connectivity index (χ4n) is 2.81. The molecule has 0 spiro atoms. The molecule has 1 amide bonds. The molecule has 19 heavy (non-hydrogen) atoms. The number of nitrogens with zero attached hydrogens (tertiary/aromatic N) is 1.